The Bertz CT molecular complexity index is 1030. The van der Waals surface area contributed by atoms with E-state index in [0.717, 1.165) is 19.3 Å². The Morgan fingerprint density at radius 3 is 2.16 bits per heavy atom. The average molecular weight is 553 g/mol. The highest BCUT2D eigenvalue weighted by Gasteiger charge is 2.46. The lowest BCUT2D eigenvalue weighted by atomic mass is 10.0. The second kappa shape index (κ2) is 16.6. The first-order chi connectivity index (χ1) is 18.6. The normalized spacial score (nSPS) is 17.8. The molecule has 1 aliphatic rings. The molecule has 2 aromatic rings. The monoisotopic (exact) mass is 552 g/mol. The average Bonchev–Trinajstić information content (AvgIpc) is 3.48. The van der Waals surface area contributed by atoms with E-state index in [-0.39, 0.29) is 17.5 Å². The zero-order valence-corrected chi connectivity index (χ0v) is 23.4. The fourth-order valence-electron chi connectivity index (χ4n) is 4.70. The molecule has 0 aromatic carbocycles. The van der Waals surface area contributed by atoms with E-state index in [4.69, 9.17) is 19.7 Å². The van der Waals surface area contributed by atoms with Crippen molar-refractivity contribution in [1.29, 1.82) is 0 Å². The van der Waals surface area contributed by atoms with Crippen molar-refractivity contribution >= 4 is 31.1 Å². The number of aromatic nitrogens is 4. The van der Waals surface area contributed by atoms with Gasteiger partial charge in [0.15, 0.2) is 28.8 Å². The van der Waals surface area contributed by atoms with E-state index < -0.39 is 27.1 Å². The highest BCUT2D eigenvalue weighted by molar-refractivity contribution is 7.32. The molecule has 0 amide bonds. The number of rotatable bonds is 20. The Morgan fingerprint density at radius 2 is 1.58 bits per heavy atom. The summed E-state index contributed by atoms with van der Waals surface area (Å²) in [4.78, 5) is 21.8. The van der Waals surface area contributed by atoms with Crippen LogP contribution in [0.3, 0.4) is 0 Å². The number of unbranched alkanes of at least 4 members (excludes halogenated alkanes) is 13. The first kappa shape index (κ1) is 30.2. The van der Waals surface area contributed by atoms with Gasteiger partial charge in [0.05, 0.1) is 13.2 Å². The number of aliphatic hydroxyl groups excluding tert-OH is 1. The third-order valence-corrected chi connectivity index (χ3v) is 7.20. The molecule has 0 saturated carbocycles. The maximum Gasteiger partial charge on any atom is 0.695 e. The van der Waals surface area contributed by atoms with Crippen molar-refractivity contribution in [3.8, 4) is 0 Å². The third-order valence-electron chi connectivity index (χ3n) is 6.79. The van der Waals surface area contributed by atoms with Gasteiger partial charge in [-0.3, -0.25) is 0 Å². The zero-order chi connectivity index (χ0) is 27.2. The molecule has 12 heteroatoms. The molecule has 3 heterocycles. The first-order valence-electron chi connectivity index (χ1n) is 14.0. The van der Waals surface area contributed by atoms with E-state index in [0.29, 0.717) is 17.8 Å². The van der Waals surface area contributed by atoms with Gasteiger partial charge < -0.3 is 20.3 Å². The molecule has 0 fully saturated rings. The van der Waals surface area contributed by atoms with Crippen LogP contribution in [0, 0.1) is 0 Å². The number of fused-ring (bicyclic) bond motifs is 1. The van der Waals surface area contributed by atoms with Crippen LogP contribution in [0.5, 0.6) is 0 Å². The van der Waals surface area contributed by atoms with Crippen molar-refractivity contribution in [2.24, 2.45) is 0 Å². The van der Waals surface area contributed by atoms with Crippen LogP contribution < -0.4 is 5.73 Å². The predicted octanol–water partition coefficient (Wildman–Crippen LogP) is 5.46. The van der Waals surface area contributed by atoms with E-state index >= 15 is 0 Å². The van der Waals surface area contributed by atoms with Crippen molar-refractivity contribution in [2.75, 3.05) is 18.9 Å². The lowest BCUT2D eigenvalue weighted by molar-refractivity contribution is 0.0177. The summed E-state index contributed by atoms with van der Waals surface area (Å²) in [5.74, 6) is 0.617. The molecule has 4 N–H and O–H groups in total. The van der Waals surface area contributed by atoms with Gasteiger partial charge in [-0.15, -0.1) is 9.42 Å². The molecule has 3 atom stereocenters. The molecule has 38 heavy (non-hydrogen) atoms. The number of hydrogen-bond acceptors (Lipinski definition) is 9. The number of hydrogen-bond donors (Lipinski definition) is 3. The van der Waals surface area contributed by atoms with Gasteiger partial charge in [-0.1, -0.05) is 90.4 Å². The molecule has 212 valence electrons. The van der Waals surface area contributed by atoms with E-state index in [1.165, 1.54) is 87.9 Å². The predicted molar refractivity (Wildman–Crippen MR) is 146 cm³/mol. The Labute approximate surface area is 225 Å². The summed E-state index contributed by atoms with van der Waals surface area (Å²) < 4.78 is 30.1. The number of nitrogens with zero attached hydrogens (tertiary/aromatic N) is 4. The number of ether oxygens (including phenoxy) is 2. The maximum atomic E-state index is 11.5. The summed E-state index contributed by atoms with van der Waals surface area (Å²) >= 11 is 0. The van der Waals surface area contributed by atoms with Gasteiger partial charge >= 0.3 is 8.25 Å². The van der Waals surface area contributed by atoms with Crippen LogP contribution >= 0.6 is 8.25 Å². The second-order valence-corrected chi connectivity index (χ2v) is 10.4. The topological polar surface area (TPSA) is 155 Å². The van der Waals surface area contributed by atoms with Crippen LogP contribution in [0.4, 0.5) is 5.82 Å². The zero-order valence-electron chi connectivity index (χ0n) is 22.5. The number of imidazole rings is 1. The summed E-state index contributed by atoms with van der Waals surface area (Å²) in [6, 6.07) is 0. The Hall–Kier alpha value is -2.33. The number of nitrogens with two attached hydrogens (primary N) is 1. The second-order valence-electron chi connectivity index (χ2n) is 9.76. The Balaban J connectivity index is 1.45. The van der Waals surface area contributed by atoms with Crippen LogP contribution in [-0.4, -0.2) is 54.9 Å². The van der Waals surface area contributed by atoms with E-state index in [1.807, 2.05) is 0 Å². The van der Waals surface area contributed by atoms with E-state index in [2.05, 4.69) is 21.9 Å². The molecule has 0 saturated heterocycles. The summed E-state index contributed by atoms with van der Waals surface area (Å²) in [5, 5.41) is 9.81. The molecule has 0 aliphatic carbocycles. The van der Waals surface area contributed by atoms with Gasteiger partial charge in [-0.2, -0.15) is 0 Å². The quantitative estimate of drug-likeness (QED) is 0.142. The molecule has 3 unspecified atom stereocenters. The van der Waals surface area contributed by atoms with Gasteiger partial charge in [0.25, 0.3) is 0 Å². The highest BCUT2D eigenvalue weighted by Crippen LogP contribution is 2.37. The van der Waals surface area contributed by atoms with Crippen LogP contribution in [-0.2, 0) is 18.6 Å². The smallest absolute Gasteiger partial charge is 0.490 e. The van der Waals surface area contributed by atoms with Crippen molar-refractivity contribution in [2.45, 2.75) is 109 Å². The van der Waals surface area contributed by atoms with Crippen LogP contribution in [0.2, 0.25) is 0 Å². The van der Waals surface area contributed by atoms with E-state index in [1.54, 1.807) is 0 Å². The summed E-state index contributed by atoms with van der Waals surface area (Å²) in [6.07, 6.45) is 18.4. The van der Waals surface area contributed by atoms with Crippen LogP contribution in [0.15, 0.2) is 18.4 Å². The van der Waals surface area contributed by atoms with Gasteiger partial charge in [0.1, 0.15) is 12.7 Å². The van der Waals surface area contributed by atoms with Crippen LogP contribution in [0.1, 0.15) is 96.8 Å². The summed E-state index contributed by atoms with van der Waals surface area (Å²) in [5.41, 5.74) is 6.66. The van der Waals surface area contributed by atoms with Crippen molar-refractivity contribution in [1.82, 2.24) is 19.5 Å². The minimum atomic E-state index is -2.95. The SMILES string of the molecule is CCCCCCCCCCCCCCCCOC1=C(n2cnc3c(N)ncnc32)OC(CO)C1O[P+](=O)O. The molecule has 0 bridgehead atoms. The minimum absolute atomic E-state index is 0.192. The van der Waals surface area contributed by atoms with E-state index in [9.17, 15) is 14.6 Å². The molecule has 1 aliphatic heterocycles. The Morgan fingerprint density at radius 1 is 0.974 bits per heavy atom. The fraction of sp³-hybridized carbons (Fsp3) is 0.731. The molecule has 0 radical (unpaired) electrons. The number of anilines is 1. The lowest BCUT2D eigenvalue weighted by Gasteiger charge is -2.13. The third kappa shape index (κ3) is 8.86. The maximum absolute atomic E-state index is 11.5. The lowest BCUT2D eigenvalue weighted by Crippen LogP contribution is -2.29. The fourth-order valence-corrected chi connectivity index (χ4v) is 5.13. The largest absolute Gasteiger partial charge is 0.695 e. The van der Waals surface area contributed by atoms with Gasteiger partial charge in [0, 0.05) is 4.57 Å². The van der Waals surface area contributed by atoms with Gasteiger partial charge in [-0.25, -0.2) is 19.5 Å². The molecular weight excluding hydrogens is 509 g/mol. The van der Waals surface area contributed by atoms with Gasteiger partial charge in [-0.05, 0) is 6.42 Å². The Kier molecular flexibility index (Phi) is 13.2. The summed E-state index contributed by atoms with van der Waals surface area (Å²) in [6.45, 7) is 2.20. The van der Waals surface area contributed by atoms with Crippen LogP contribution in [0.25, 0.3) is 17.0 Å². The van der Waals surface area contributed by atoms with Crippen molar-refractivity contribution < 1.29 is 28.6 Å². The van der Waals surface area contributed by atoms with Crippen molar-refractivity contribution in [3.63, 3.8) is 0 Å². The molecule has 3 rings (SSSR count). The molecule has 2 aromatic heterocycles. The minimum Gasteiger partial charge on any atom is -0.490 e. The van der Waals surface area contributed by atoms with Gasteiger partial charge in [0.2, 0.25) is 12.0 Å². The molecule has 11 nitrogen and oxygen atoms in total. The summed E-state index contributed by atoms with van der Waals surface area (Å²) in [7, 11) is -2.95. The number of nitrogen functional groups attached to an aromatic ring is 1. The first-order valence-corrected chi connectivity index (χ1v) is 15.1. The molecular formula is C26H43N5O6P+. The van der Waals surface area contributed by atoms with Crippen molar-refractivity contribution in [3.05, 3.63) is 18.4 Å². The highest BCUT2D eigenvalue weighted by atomic mass is 31.1. The standard InChI is InChI=1S/C26H42N5O6P/c1-2-3-4-5-6-7-8-9-10-11-12-13-14-15-16-35-23-22(37-38(33)34)20(17-32)36-26(23)31-19-30-21-24(27)28-18-29-25(21)31/h18-20,22,32H,2-17H2,1H3,(H2-,27,28,29,33,34)/p+1. The number of aliphatic hydroxyl groups is 1. The molecule has 0 spiro atoms.